The fraction of sp³-hybridized carbons (Fsp3) is 0.294. The Kier molecular flexibility index (Phi) is 5.21. The first kappa shape index (κ1) is 15.8. The number of ether oxygens (including phenoxy) is 1. The number of benzene rings is 2. The minimum Gasteiger partial charge on any atom is -0.457 e. The number of rotatable bonds is 5. The van der Waals surface area contributed by atoms with Crippen molar-refractivity contribution in [3.8, 4) is 11.5 Å². The largest absolute Gasteiger partial charge is 0.457 e. The van der Waals surface area contributed by atoms with Crippen LogP contribution in [-0.4, -0.2) is 6.54 Å². The quantitative estimate of drug-likeness (QED) is 0.814. The van der Waals surface area contributed by atoms with Crippen molar-refractivity contribution in [2.45, 2.75) is 26.8 Å². The highest BCUT2D eigenvalue weighted by molar-refractivity contribution is 6.30. The summed E-state index contributed by atoms with van der Waals surface area (Å²) in [7, 11) is 0. The van der Waals surface area contributed by atoms with Crippen molar-refractivity contribution in [1.29, 1.82) is 0 Å². The summed E-state index contributed by atoms with van der Waals surface area (Å²) in [5.74, 6) is 0.927. The van der Waals surface area contributed by atoms with Crippen LogP contribution in [0.25, 0.3) is 0 Å². The van der Waals surface area contributed by atoms with Crippen molar-refractivity contribution in [2.24, 2.45) is 0 Å². The second kappa shape index (κ2) is 6.92. The Hall–Kier alpha value is -1.58. The summed E-state index contributed by atoms with van der Waals surface area (Å²) in [5.41, 5.74) is 1.45. The van der Waals surface area contributed by atoms with E-state index in [2.05, 4.69) is 5.32 Å². The molecule has 4 heteroatoms. The monoisotopic (exact) mass is 307 g/mol. The van der Waals surface area contributed by atoms with Gasteiger partial charge in [0.05, 0.1) is 0 Å². The molecular weight excluding hydrogens is 289 g/mol. The van der Waals surface area contributed by atoms with Crippen LogP contribution in [0.2, 0.25) is 5.02 Å². The van der Waals surface area contributed by atoms with E-state index in [4.69, 9.17) is 16.3 Å². The lowest BCUT2D eigenvalue weighted by Crippen LogP contribution is -2.19. The SMILES string of the molecule is CCNC(C)c1c(F)cccc1Oc1ccc(Cl)cc1C. The molecule has 0 saturated carbocycles. The molecule has 0 heterocycles. The molecule has 1 unspecified atom stereocenters. The molecule has 0 amide bonds. The third-order valence-corrected chi connectivity index (χ3v) is 3.55. The molecular formula is C17H19ClFNO. The Labute approximate surface area is 129 Å². The third-order valence-electron chi connectivity index (χ3n) is 3.31. The van der Waals surface area contributed by atoms with Gasteiger partial charge in [-0.3, -0.25) is 0 Å². The maximum atomic E-state index is 14.2. The second-order valence-corrected chi connectivity index (χ2v) is 5.38. The maximum Gasteiger partial charge on any atom is 0.135 e. The summed E-state index contributed by atoms with van der Waals surface area (Å²) in [4.78, 5) is 0. The molecule has 0 fully saturated rings. The minimum atomic E-state index is -0.271. The Bertz CT molecular complexity index is 630. The first-order valence-corrected chi connectivity index (χ1v) is 7.36. The van der Waals surface area contributed by atoms with E-state index in [-0.39, 0.29) is 11.9 Å². The van der Waals surface area contributed by atoms with Gasteiger partial charge in [0, 0.05) is 16.6 Å². The van der Waals surface area contributed by atoms with E-state index < -0.39 is 0 Å². The average Bonchev–Trinajstić information content (AvgIpc) is 2.42. The van der Waals surface area contributed by atoms with Crippen molar-refractivity contribution < 1.29 is 9.13 Å². The molecule has 0 aliphatic carbocycles. The molecule has 0 aliphatic heterocycles. The van der Waals surface area contributed by atoms with Crippen molar-refractivity contribution >= 4 is 11.6 Å². The predicted molar refractivity (Wildman–Crippen MR) is 84.8 cm³/mol. The summed E-state index contributed by atoms with van der Waals surface area (Å²) in [6, 6.07) is 10.1. The van der Waals surface area contributed by atoms with Gasteiger partial charge in [-0.25, -0.2) is 4.39 Å². The molecule has 0 aromatic heterocycles. The summed E-state index contributed by atoms with van der Waals surface area (Å²) in [6.07, 6.45) is 0. The molecule has 0 aliphatic rings. The van der Waals surface area contributed by atoms with E-state index in [1.54, 1.807) is 24.3 Å². The van der Waals surface area contributed by atoms with Crippen LogP contribution < -0.4 is 10.1 Å². The highest BCUT2D eigenvalue weighted by Gasteiger charge is 2.17. The van der Waals surface area contributed by atoms with Gasteiger partial charge in [0.25, 0.3) is 0 Å². The van der Waals surface area contributed by atoms with Gasteiger partial charge in [-0.2, -0.15) is 0 Å². The number of hydrogen-bond donors (Lipinski definition) is 1. The van der Waals surface area contributed by atoms with Crippen LogP contribution in [0.4, 0.5) is 4.39 Å². The molecule has 2 rings (SSSR count). The van der Waals surface area contributed by atoms with E-state index in [1.807, 2.05) is 26.8 Å². The topological polar surface area (TPSA) is 21.3 Å². The van der Waals surface area contributed by atoms with Crippen molar-refractivity contribution in [3.05, 3.63) is 58.4 Å². The summed E-state index contributed by atoms with van der Waals surface area (Å²) in [6.45, 7) is 6.58. The van der Waals surface area contributed by atoms with Crippen LogP contribution in [0, 0.1) is 12.7 Å². The molecule has 21 heavy (non-hydrogen) atoms. The fourth-order valence-electron chi connectivity index (χ4n) is 2.28. The standard InChI is InChI=1S/C17H19ClFNO/c1-4-20-12(3)17-14(19)6-5-7-16(17)21-15-9-8-13(18)10-11(15)2/h5-10,12,20H,4H2,1-3H3. The third kappa shape index (κ3) is 3.74. The molecule has 1 atom stereocenters. The van der Waals surface area contributed by atoms with Crippen LogP contribution >= 0.6 is 11.6 Å². The van der Waals surface area contributed by atoms with E-state index in [0.717, 1.165) is 12.1 Å². The lowest BCUT2D eigenvalue weighted by Gasteiger charge is -2.19. The molecule has 2 nitrogen and oxygen atoms in total. The second-order valence-electron chi connectivity index (χ2n) is 4.94. The minimum absolute atomic E-state index is 0.126. The zero-order valence-electron chi connectivity index (χ0n) is 12.4. The number of nitrogens with one attached hydrogen (secondary N) is 1. The van der Waals surface area contributed by atoms with E-state index in [9.17, 15) is 4.39 Å². The maximum absolute atomic E-state index is 14.2. The lowest BCUT2D eigenvalue weighted by atomic mass is 10.1. The van der Waals surface area contributed by atoms with E-state index >= 15 is 0 Å². The number of aryl methyl sites for hydroxylation is 1. The zero-order valence-corrected chi connectivity index (χ0v) is 13.2. The van der Waals surface area contributed by atoms with Crippen molar-refractivity contribution in [1.82, 2.24) is 5.32 Å². The normalized spacial score (nSPS) is 12.2. The smallest absolute Gasteiger partial charge is 0.135 e. The fourth-order valence-corrected chi connectivity index (χ4v) is 2.51. The molecule has 2 aromatic rings. The van der Waals surface area contributed by atoms with Gasteiger partial charge in [-0.1, -0.05) is 24.6 Å². The first-order valence-electron chi connectivity index (χ1n) is 6.98. The molecule has 2 aromatic carbocycles. The summed E-state index contributed by atoms with van der Waals surface area (Å²) < 4.78 is 20.1. The molecule has 0 radical (unpaired) electrons. The van der Waals surface area contributed by atoms with Gasteiger partial charge < -0.3 is 10.1 Å². The first-order chi connectivity index (χ1) is 10.0. The van der Waals surface area contributed by atoms with Crippen LogP contribution in [0.15, 0.2) is 36.4 Å². The summed E-state index contributed by atoms with van der Waals surface area (Å²) >= 11 is 5.94. The van der Waals surface area contributed by atoms with Crippen LogP contribution in [0.3, 0.4) is 0 Å². The Morgan fingerprint density at radius 2 is 2.00 bits per heavy atom. The van der Waals surface area contributed by atoms with Gasteiger partial charge >= 0.3 is 0 Å². The molecule has 112 valence electrons. The molecule has 0 saturated heterocycles. The van der Waals surface area contributed by atoms with Gasteiger partial charge in [0.15, 0.2) is 0 Å². The lowest BCUT2D eigenvalue weighted by molar-refractivity contribution is 0.445. The molecule has 0 bridgehead atoms. The molecule has 0 spiro atoms. The van der Waals surface area contributed by atoms with Crippen LogP contribution in [0.1, 0.15) is 31.0 Å². The zero-order chi connectivity index (χ0) is 15.4. The van der Waals surface area contributed by atoms with Gasteiger partial charge in [-0.05, 0) is 56.3 Å². The predicted octanol–water partition coefficient (Wildman–Crippen LogP) is 5.25. The number of halogens is 2. The van der Waals surface area contributed by atoms with Gasteiger partial charge in [0.2, 0.25) is 0 Å². The van der Waals surface area contributed by atoms with E-state index in [0.29, 0.717) is 22.1 Å². The van der Waals surface area contributed by atoms with Gasteiger partial charge in [-0.15, -0.1) is 0 Å². The highest BCUT2D eigenvalue weighted by atomic mass is 35.5. The summed E-state index contributed by atoms with van der Waals surface area (Å²) in [5, 5.41) is 3.86. The van der Waals surface area contributed by atoms with Crippen LogP contribution in [-0.2, 0) is 0 Å². The van der Waals surface area contributed by atoms with E-state index in [1.165, 1.54) is 6.07 Å². The Morgan fingerprint density at radius 3 is 2.67 bits per heavy atom. The average molecular weight is 308 g/mol. The number of hydrogen-bond acceptors (Lipinski definition) is 2. The van der Waals surface area contributed by atoms with Gasteiger partial charge in [0.1, 0.15) is 17.3 Å². The van der Waals surface area contributed by atoms with Crippen molar-refractivity contribution in [3.63, 3.8) is 0 Å². The highest BCUT2D eigenvalue weighted by Crippen LogP contribution is 2.33. The molecule has 1 N–H and O–H groups in total. The van der Waals surface area contributed by atoms with Crippen LogP contribution in [0.5, 0.6) is 11.5 Å². The Balaban J connectivity index is 2.37. The van der Waals surface area contributed by atoms with Crippen molar-refractivity contribution in [2.75, 3.05) is 6.54 Å². The Morgan fingerprint density at radius 1 is 1.24 bits per heavy atom.